The number of pyridine rings is 1. The van der Waals surface area contributed by atoms with Crippen molar-refractivity contribution in [1.82, 2.24) is 9.97 Å². The summed E-state index contributed by atoms with van der Waals surface area (Å²) in [5.74, 6) is -0.244. The van der Waals surface area contributed by atoms with Gasteiger partial charge in [-0.3, -0.25) is 9.78 Å². The first-order chi connectivity index (χ1) is 15.8. The summed E-state index contributed by atoms with van der Waals surface area (Å²) in [7, 11) is 0. The molecular formula is C25H17N5OS. The Morgan fingerprint density at radius 1 is 0.781 bits per heavy atom. The number of thiazole rings is 1. The molecule has 0 bridgehead atoms. The molecule has 0 fully saturated rings. The molecule has 0 spiro atoms. The van der Waals surface area contributed by atoms with Gasteiger partial charge in [0.05, 0.1) is 27.2 Å². The van der Waals surface area contributed by atoms with Crippen molar-refractivity contribution in [2.75, 3.05) is 5.32 Å². The number of benzene rings is 3. The number of amides is 1. The number of hydrogen-bond acceptors (Lipinski definition) is 6. The zero-order valence-electron chi connectivity index (χ0n) is 16.8. The van der Waals surface area contributed by atoms with Gasteiger partial charge in [0.1, 0.15) is 10.7 Å². The average Bonchev–Trinajstić information content (AvgIpc) is 3.28. The van der Waals surface area contributed by atoms with Gasteiger partial charge in [-0.1, -0.05) is 30.3 Å². The number of nitrogens with zero attached hydrogens (tertiary/aromatic N) is 4. The highest BCUT2D eigenvalue weighted by Crippen LogP contribution is 2.31. The third-order valence-electron chi connectivity index (χ3n) is 4.71. The van der Waals surface area contributed by atoms with E-state index in [1.807, 2.05) is 54.6 Å². The number of carbonyl (C=O) groups excluding carboxylic acids is 1. The number of rotatable bonds is 5. The second-order valence-corrected chi connectivity index (χ2v) is 7.95. The van der Waals surface area contributed by atoms with Gasteiger partial charge in [-0.25, -0.2) is 4.98 Å². The Labute approximate surface area is 188 Å². The second-order valence-electron chi connectivity index (χ2n) is 6.92. The topological polar surface area (TPSA) is 79.6 Å². The lowest BCUT2D eigenvalue weighted by atomic mass is 10.1. The molecule has 5 aromatic rings. The molecule has 2 aromatic heterocycles. The quantitative estimate of drug-likeness (QED) is 0.301. The molecule has 7 heteroatoms. The Balaban J connectivity index is 1.35. The van der Waals surface area contributed by atoms with E-state index < -0.39 is 0 Å². The highest BCUT2D eigenvalue weighted by molar-refractivity contribution is 7.21. The number of hydrogen-bond donors (Lipinski definition) is 1. The zero-order valence-corrected chi connectivity index (χ0v) is 17.7. The number of azo groups is 1. The van der Waals surface area contributed by atoms with Crippen LogP contribution < -0.4 is 5.32 Å². The Morgan fingerprint density at radius 3 is 2.28 bits per heavy atom. The summed E-state index contributed by atoms with van der Waals surface area (Å²) < 4.78 is 1.06. The largest absolute Gasteiger partial charge is 0.322 e. The van der Waals surface area contributed by atoms with Crippen LogP contribution >= 0.6 is 11.3 Å². The van der Waals surface area contributed by atoms with E-state index in [2.05, 4.69) is 25.5 Å². The predicted molar refractivity (Wildman–Crippen MR) is 128 cm³/mol. The predicted octanol–water partition coefficient (Wildman–Crippen LogP) is 7.03. The lowest BCUT2D eigenvalue weighted by molar-refractivity contribution is 0.102. The van der Waals surface area contributed by atoms with Crippen molar-refractivity contribution >= 4 is 44.5 Å². The molecule has 1 N–H and O–H groups in total. The van der Waals surface area contributed by atoms with Crippen LogP contribution in [-0.4, -0.2) is 15.9 Å². The van der Waals surface area contributed by atoms with Crippen LogP contribution in [0, 0.1) is 0 Å². The maximum Gasteiger partial charge on any atom is 0.257 e. The Kier molecular flexibility index (Phi) is 5.47. The molecule has 0 unspecified atom stereocenters. The smallest absolute Gasteiger partial charge is 0.257 e. The third-order valence-corrected chi connectivity index (χ3v) is 5.75. The summed E-state index contributed by atoms with van der Waals surface area (Å²) in [6, 6.07) is 28.1. The van der Waals surface area contributed by atoms with Crippen LogP contribution in [0.5, 0.6) is 0 Å². The normalized spacial score (nSPS) is 11.1. The van der Waals surface area contributed by atoms with Gasteiger partial charge in [-0.2, -0.15) is 10.2 Å². The van der Waals surface area contributed by atoms with E-state index >= 15 is 0 Å². The molecule has 0 saturated heterocycles. The molecule has 3 aromatic carbocycles. The number of nitrogens with one attached hydrogen (secondary N) is 1. The van der Waals surface area contributed by atoms with Crippen molar-refractivity contribution in [3.63, 3.8) is 0 Å². The van der Waals surface area contributed by atoms with Crippen molar-refractivity contribution in [2.45, 2.75) is 0 Å². The zero-order chi connectivity index (χ0) is 21.8. The fourth-order valence-corrected chi connectivity index (χ4v) is 4.13. The van der Waals surface area contributed by atoms with Gasteiger partial charge in [0.2, 0.25) is 0 Å². The number of fused-ring (bicyclic) bond motifs is 1. The van der Waals surface area contributed by atoms with Gasteiger partial charge in [-0.05, 0) is 60.7 Å². The number of carbonyl (C=O) groups is 1. The molecule has 0 radical (unpaired) electrons. The van der Waals surface area contributed by atoms with Crippen molar-refractivity contribution in [3.8, 4) is 10.7 Å². The van der Waals surface area contributed by atoms with Crippen molar-refractivity contribution < 1.29 is 4.79 Å². The molecule has 1 amide bonds. The first kappa shape index (κ1) is 19.7. The molecular weight excluding hydrogens is 418 g/mol. The molecule has 154 valence electrons. The van der Waals surface area contributed by atoms with Crippen LogP contribution in [0.1, 0.15) is 10.4 Å². The van der Waals surface area contributed by atoms with E-state index in [-0.39, 0.29) is 5.91 Å². The molecule has 5 rings (SSSR count). The highest BCUT2D eigenvalue weighted by Gasteiger charge is 2.17. The van der Waals surface area contributed by atoms with E-state index in [4.69, 9.17) is 0 Å². The summed E-state index contributed by atoms with van der Waals surface area (Å²) in [6.07, 6.45) is 1.67. The summed E-state index contributed by atoms with van der Waals surface area (Å²) >= 11 is 1.52. The molecule has 0 aliphatic heterocycles. The van der Waals surface area contributed by atoms with Crippen molar-refractivity contribution in [3.05, 3.63) is 103 Å². The third kappa shape index (κ3) is 4.28. The summed E-state index contributed by atoms with van der Waals surface area (Å²) in [5.41, 5.74) is 4.07. The lowest BCUT2D eigenvalue weighted by Crippen LogP contribution is -2.13. The van der Waals surface area contributed by atoms with Crippen molar-refractivity contribution in [1.29, 1.82) is 0 Å². The van der Waals surface area contributed by atoms with Crippen LogP contribution in [-0.2, 0) is 0 Å². The van der Waals surface area contributed by atoms with Gasteiger partial charge in [0, 0.05) is 11.9 Å². The second kappa shape index (κ2) is 8.87. The SMILES string of the molecule is O=C(Nc1ccc(N=Nc2ccccc2)cc1)c1cccnc1-c1nc2ccccc2s1. The first-order valence-corrected chi connectivity index (χ1v) is 10.8. The molecule has 0 saturated carbocycles. The molecule has 0 aliphatic rings. The van der Waals surface area contributed by atoms with Gasteiger partial charge in [-0.15, -0.1) is 11.3 Å². The van der Waals surface area contributed by atoms with E-state index in [1.54, 1.807) is 42.6 Å². The minimum Gasteiger partial charge on any atom is -0.322 e. The molecule has 32 heavy (non-hydrogen) atoms. The van der Waals surface area contributed by atoms with Crippen LogP contribution in [0.4, 0.5) is 17.1 Å². The number of anilines is 1. The standard InChI is InChI=1S/C25H17N5OS/c31-24(27-17-12-14-19(15-13-17)30-29-18-7-2-1-3-8-18)20-9-6-16-26-23(20)25-28-21-10-4-5-11-22(21)32-25/h1-16H,(H,27,31). The maximum atomic E-state index is 13.0. The van der Waals surface area contributed by atoms with Crippen LogP contribution in [0.3, 0.4) is 0 Å². The van der Waals surface area contributed by atoms with Gasteiger partial charge in [0.25, 0.3) is 5.91 Å². The average molecular weight is 436 g/mol. The van der Waals surface area contributed by atoms with E-state index in [0.717, 1.165) is 15.9 Å². The minimum absolute atomic E-state index is 0.244. The summed E-state index contributed by atoms with van der Waals surface area (Å²) in [4.78, 5) is 22.1. The fourth-order valence-electron chi connectivity index (χ4n) is 3.15. The molecule has 2 heterocycles. The Hall–Kier alpha value is -4.23. The highest BCUT2D eigenvalue weighted by atomic mass is 32.1. The summed E-state index contributed by atoms with van der Waals surface area (Å²) in [6.45, 7) is 0. The van der Waals surface area contributed by atoms with Gasteiger partial charge >= 0.3 is 0 Å². The first-order valence-electron chi connectivity index (χ1n) is 9.95. The maximum absolute atomic E-state index is 13.0. The van der Waals surface area contributed by atoms with E-state index in [1.165, 1.54) is 11.3 Å². The van der Waals surface area contributed by atoms with Gasteiger partial charge < -0.3 is 5.32 Å². The van der Waals surface area contributed by atoms with Crippen LogP contribution in [0.2, 0.25) is 0 Å². The van der Waals surface area contributed by atoms with Crippen LogP contribution in [0.15, 0.2) is 107 Å². The van der Waals surface area contributed by atoms with Crippen molar-refractivity contribution in [2.24, 2.45) is 10.2 Å². The van der Waals surface area contributed by atoms with E-state index in [9.17, 15) is 4.79 Å². The number of aromatic nitrogens is 2. The molecule has 0 atom stereocenters. The molecule has 6 nitrogen and oxygen atoms in total. The summed E-state index contributed by atoms with van der Waals surface area (Å²) in [5, 5.41) is 12.1. The number of para-hydroxylation sites is 1. The molecule has 0 aliphatic carbocycles. The fraction of sp³-hybridized carbons (Fsp3) is 0. The monoisotopic (exact) mass is 435 g/mol. The van der Waals surface area contributed by atoms with Crippen LogP contribution in [0.25, 0.3) is 20.9 Å². The van der Waals surface area contributed by atoms with E-state index in [0.29, 0.717) is 27.6 Å². The Morgan fingerprint density at radius 2 is 1.50 bits per heavy atom. The minimum atomic E-state index is -0.244. The Bertz CT molecular complexity index is 1380. The van der Waals surface area contributed by atoms with Gasteiger partial charge in [0.15, 0.2) is 0 Å². The lowest BCUT2D eigenvalue weighted by Gasteiger charge is -2.08.